The van der Waals surface area contributed by atoms with E-state index in [0.29, 0.717) is 0 Å². The maximum absolute atomic E-state index is 5.86. The Morgan fingerprint density at radius 1 is 1.44 bits per heavy atom. The van der Waals surface area contributed by atoms with Crippen LogP contribution in [0.25, 0.3) is 0 Å². The molecule has 0 aromatic heterocycles. The van der Waals surface area contributed by atoms with E-state index in [-0.39, 0.29) is 0 Å². The third-order valence-electron chi connectivity index (χ3n) is 3.41. The van der Waals surface area contributed by atoms with Crippen molar-refractivity contribution in [2.24, 2.45) is 5.92 Å². The number of fused-ring (bicyclic) bond motifs is 1. The fraction of sp³-hybridized carbons (Fsp3) is 0.571. The lowest BCUT2D eigenvalue weighted by atomic mass is 10.1. The van der Waals surface area contributed by atoms with Crippen LogP contribution in [0.4, 0.5) is 11.4 Å². The van der Waals surface area contributed by atoms with Crippen molar-refractivity contribution < 1.29 is 0 Å². The summed E-state index contributed by atoms with van der Waals surface area (Å²) in [6.07, 6.45) is 3.77. The zero-order chi connectivity index (χ0) is 11.5. The molecule has 1 atom stereocenters. The van der Waals surface area contributed by atoms with Gasteiger partial charge in [0.15, 0.2) is 0 Å². The summed E-state index contributed by atoms with van der Waals surface area (Å²) in [5.74, 6) is 0.775. The van der Waals surface area contributed by atoms with E-state index in [9.17, 15) is 0 Å². The Kier molecular flexibility index (Phi) is 3.37. The van der Waals surface area contributed by atoms with Crippen LogP contribution in [0.5, 0.6) is 0 Å². The molecule has 0 saturated heterocycles. The first-order valence-corrected chi connectivity index (χ1v) is 6.34. The van der Waals surface area contributed by atoms with Gasteiger partial charge in [-0.3, -0.25) is 0 Å². The fourth-order valence-corrected chi connectivity index (χ4v) is 2.61. The third kappa shape index (κ3) is 2.31. The van der Waals surface area contributed by atoms with Gasteiger partial charge in [-0.1, -0.05) is 26.3 Å². The number of nitrogens with two attached hydrogens (primary N) is 1. The number of nitrogens with zero attached hydrogens (tertiary/aromatic N) is 1. The zero-order valence-corrected chi connectivity index (χ0v) is 10.4. The number of anilines is 2. The smallest absolute Gasteiger partial charge is 0.0420 e. The lowest BCUT2D eigenvalue weighted by Gasteiger charge is -2.23. The maximum Gasteiger partial charge on any atom is 0.0420 e. The first kappa shape index (κ1) is 11.3. The van der Waals surface area contributed by atoms with Crippen molar-refractivity contribution in [3.63, 3.8) is 0 Å². The van der Waals surface area contributed by atoms with Crippen LogP contribution in [0.3, 0.4) is 0 Å². The van der Waals surface area contributed by atoms with Crippen molar-refractivity contribution in [2.75, 3.05) is 23.7 Å². The molecule has 1 aliphatic heterocycles. The van der Waals surface area contributed by atoms with Crippen molar-refractivity contribution in [3.8, 4) is 0 Å². The highest BCUT2D eigenvalue weighted by Gasteiger charge is 2.20. The molecule has 1 aromatic rings. The Morgan fingerprint density at radius 3 is 3.00 bits per heavy atom. The number of rotatable bonds is 4. The van der Waals surface area contributed by atoms with Crippen LogP contribution in [-0.4, -0.2) is 13.1 Å². The van der Waals surface area contributed by atoms with Crippen molar-refractivity contribution in [3.05, 3.63) is 23.8 Å². The molecular weight excluding hydrogens is 196 g/mol. The summed E-state index contributed by atoms with van der Waals surface area (Å²) in [5, 5.41) is 0. The zero-order valence-electron chi connectivity index (χ0n) is 10.4. The molecule has 0 amide bonds. The first-order valence-electron chi connectivity index (χ1n) is 6.34. The summed E-state index contributed by atoms with van der Waals surface area (Å²) in [6.45, 7) is 6.93. The normalized spacial score (nSPS) is 16.2. The number of hydrogen-bond acceptors (Lipinski definition) is 2. The minimum Gasteiger partial charge on any atom is -0.399 e. The highest BCUT2D eigenvalue weighted by Crippen LogP contribution is 2.30. The Balaban J connectivity index is 2.08. The second-order valence-corrected chi connectivity index (χ2v) is 4.98. The molecule has 1 aliphatic rings. The van der Waals surface area contributed by atoms with Crippen LogP contribution in [0.2, 0.25) is 0 Å². The second-order valence-electron chi connectivity index (χ2n) is 4.98. The molecule has 0 aliphatic carbocycles. The monoisotopic (exact) mass is 218 g/mol. The topological polar surface area (TPSA) is 29.3 Å². The van der Waals surface area contributed by atoms with E-state index in [1.54, 1.807) is 0 Å². The van der Waals surface area contributed by atoms with Crippen LogP contribution in [0, 0.1) is 5.92 Å². The van der Waals surface area contributed by atoms with E-state index in [0.717, 1.165) is 18.2 Å². The largest absolute Gasteiger partial charge is 0.399 e. The Labute approximate surface area is 98.4 Å². The third-order valence-corrected chi connectivity index (χ3v) is 3.41. The van der Waals surface area contributed by atoms with E-state index in [2.05, 4.69) is 30.9 Å². The van der Waals surface area contributed by atoms with Gasteiger partial charge >= 0.3 is 0 Å². The molecule has 2 heteroatoms. The summed E-state index contributed by atoms with van der Waals surface area (Å²) < 4.78 is 0. The minimum atomic E-state index is 0.775. The average Bonchev–Trinajstić information content (AvgIpc) is 2.61. The summed E-state index contributed by atoms with van der Waals surface area (Å²) in [6, 6.07) is 6.31. The van der Waals surface area contributed by atoms with E-state index in [1.807, 2.05) is 6.07 Å². The molecule has 0 radical (unpaired) electrons. The van der Waals surface area contributed by atoms with Gasteiger partial charge in [0.05, 0.1) is 0 Å². The maximum atomic E-state index is 5.86. The Hall–Kier alpha value is -1.18. The molecule has 0 bridgehead atoms. The summed E-state index contributed by atoms with van der Waals surface area (Å²) in [5.41, 5.74) is 9.56. The van der Waals surface area contributed by atoms with E-state index in [1.165, 1.54) is 37.1 Å². The molecule has 2 N–H and O–H groups in total. The van der Waals surface area contributed by atoms with Gasteiger partial charge in [-0.25, -0.2) is 0 Å². The van der Waals surface area contributed by atoms with Crippen LogP contribution in [0.15, 0.2) is 18.2 Å². The standard InChI is InChI=1S/C14H22N2/c1-3-4-11(2)10-16-8-7-12-5-6-13(15)9-14(12)16/h5-6,9,11H,3-4,7-8,10,15H2,1-2H3. The highest BCUT2D eigenvalue weighted by atomic mass is 15.1. The number of nitrogen functional groups attached to an aromatic ring is 1. The van der Waals surface area contributed by atoms with Crippen molar-refractivity contribution in [1.29, 1.82) is 0 Å². The van der Waals surface area contributed by atoms with Gasteiger partial charge in [0, 0.05) is 24.5 Å². The lowest BCUT2D eigenvalue weighted by molar-refractivity contribution is 0.517. The molecular formula is C14H22N2. The molecule has 1 heterocycles. The molecule has 0 spiro atoms. The van der Waals surface area contributed by atoms with Gasteiger partial charge in [-0.15, -0.1) is 0 Å². The SMILES string of the molecule is CCCC(C)CN1CCc2ccc(N)cc21. The second kappa shape index (κ2) is 4.77. The van der Waals surface area contributed by atoms with Crippen LogP contribution in [-0.2, 0) is 6.42 Å². The summed E-state index contributed by atoms with van der Waals surface area (Å²) >= 11 is 0. The lowest BCUT2D eigenvalue weighted by Crippen LogP contribution is -2.26. The molecule has 2 rings (SSSR count). The van der Waals surface area contributed by atoms with Gasteiger partial charge in [0.2, 0.25) is 0 Å². The van der Waals surface area contributed by atoms with Gasteiger partial charge in [0.25, 0.3) is 0 Å². The molecule has 2 nitrogen and oxygen atoms in total. The van der Waals surface area contributed by atoms with Crippen molar-refractivity contribution in [1.82, 2.24) is 0 Å². The van der Waals surface area contributed by atoms with Crippen molar-refractivity contribution in [2.45, 2.75) is 33.1 Å². The summed E-state index contributed by atoms with van der Waals surface area (Å²) in [4.78, 5) is 2.49. The predicted octanol–water partition coefficient (Wildman–Crippen LogP) is 3.07. The van der Waals surface area contributed by atoms with Gasteiger partial charge in [-0.2, -0.15) is 0 Å². The molecule has 16 heavy (non-hydrogen) atoms. The van der Waals surface area contributed by atoms with Crippen LogP contribution >= 0.6 is 0 Å². The number of hydrogen-bond donors (Lipinski definition) is 1. The van der Waals surface area contributed by atoms with Gasteiger partial charge < -0.3 is 10.6 Å². The highest BCUT2D eigenvalue weighted by molar-refractivity contribution is 5.64. The minimum absolute atomic E-state index is 0.775. The van der Waals surface area contributed by atoms with Gasteiger partial charge in [-0.05, 0) is 36.5 Å². The molecule has 0 saturated carbocycles. The van der Waals surface area contributed by atoms with E-state index >= 15 is 0 Å². The quantitative estimate of drug-likeness (QED) is 0.787. The predicted molar refractivity (Wildman–Crippen MR) is 70.8 cm³/mol. The Bertz CT molecular complexity index is 360. The summed E-state index contributed by atoms with van der Waals surface area (Å²) in [7, 11) is 0. The van der Waals surface area contributed by atoms with E-state index < -0.39 is 0 Å². The van der Waals surface area contributed by atoms with E-state index in [4.69, 9.17) is 5.73 Å². The van der Waals surface area contributed by atoms with Crippen LogP contribution in [0.1, 0.15) is 32.3 Å². The van der Waals surface area contributed by atoms with Crippen molar-refractivity contribution >= 4 is 11.4 Å². The van der Waals surface area contributed by atoms with Crippen LogP contribution < -0.4 is 10.6 Å². The molecule has 88 valence electrons. The fourth-order valence-electron chi connectivity index (χ4n) is 2.61. The number of benzene rings is 1. The average molecular weight is 218 g/mol. The first-order chi connectivity index (χ1) is 7.70. The van der Waals surface area contributed by atoms with Gasteiger partial charge in [0.1, 0.15) is 0 Å². The molecule has 0 fully saturated rings. The Morgan fingerprint density at radius 2 is 2.25 bits per heavy atom. The molecule has 1 aromatic carbocycles. The molecule has 1 unspecified atom stereocenters.